The number of carboxylic acid groups (broad SMARTS) is 2. The van der Waals surface area contributed by atoms with Crippen molar-refractivity contribution in [3.05, 3.63) is 0 Å². The molecule has 6 aliphatic heterocycles. The molecule has 0 aromatic heterocycles. The van der Waals surface area contributed by atoms with Crippen LogP contribution in [0.15, 0.2) is 0 Å². The van der Waals surface area contributed by atoms with Gasteiger partial charge in [-0.2, -0.15) is 0 Å². The van der Waals surface area contributed by atoms with Crippen LogP contribution in [0.1, 0.15) is 26.7 Å². The highest BCUT2D eigenvalue weighted by atomic mass is 16.8. The molecule has 89 heavy (non-hydrogen) atoms. The molecule has 6 fully saturated rings. The number of hydrogen-bond acceptors (Lipinski definition) is 36. The van der Waals surface area contributed by atoms with E-state index in [1.54, 1.807) is 0 Å². The lowest BCUT2D eigenvalue weighted by atomic mass is 9.88. The number of rotatable bonds is 26. The number of aliphatic carboxylic acids is 2. The fourth-order valence-electron chi connectivity index (χ4n) is 11.0. The van der Waals surface area contributed by atoms with E-state index in [1.165, 1.54) is 0 Å². The van der Waals surface area contributed by atoms with E-state index in [0.29, 0.717) is 0 Å². The molecule has 32 atom stereocenters. The standard InChI is InChI=1S/C48H79N3O38/c1-12(58)49-23-14(60)3-47(45(75)76,87-38(23)26(65)16(62)5-52)79-11-21-29(68)37(25(50-13(2)59)42(83-21)84-36-20(9-56)82-43(33(72)31(36)70)85-35-19(8-55)80-41(74)32(71)30(35)69)86-44-34(73)40(28(67)18(7-54)81-44)89-48(46(77)78)4-15(61)24(51-22(64)10-57)39(88-48)27(66)17(63)6-53/h14-21,23-44,52-57,60-63,65-74H,3-11H2,1-2H3,(H,49,58)(H,50,59)(H,51,64)(H,75,76)(H,77,78)/t14-,15-,16+,17+,18+,19+,20+,21+,23+,24+,25+,26+,27+,28-,29-,30+,31+,32+,33+,34+,35+,36-,37+,38+,39+,40-,41+,42-,43-,44-,47+,48-/m0/s1. The fourth-order valence-corrected chi connectivity index (χ4v) is 11.0. The van der Waals surface area contributed by atoms with Gasteiger partial charge in [-0.15, -0.1) is 0 Å². The van der Waals surface area contributed by atoms with E-state index in [-0.39, 0.29) is 0 Å². The molecule has 41 heteroatoms. The summed E-state index contributed by atoms with van der Waals surface area (Å²) in [7, 11) is 0. The molecule has 0 radical (unpaired) electrons. The SMILES string of the molecule is CC(=O)N[C@H]1[C@H](O[C@@H]2[C@H](O)[C@@H](O)[C@H](O[C@H]3[C@H](O)[C@@H](O)[C@H](O)O[C@@H]3CO)O[C@@H]2CO)O[C@H](CO[C@]2(C(=O)O)C[C@H](O)[C@@H](NC(C)=O)[C@H]([C@H](O)[C@H](O)CO)O2)[C@H](O)[C@@H]1O[C@@H]1O[C@H](CO)[C@H](O)[C@H](O[C@]2(C(=O)O)C[C@H](O)[C@@H](NC(=O)CO)[C@H]([C@H](O)[C@H](O)CO)O2)[C@H]1O. The van der Waals surface area contributed by atoms with Crippen molar-refractivity contribution in [1.82, 2.24) is 16.0 Å². The van der Waals surface area contributed by atoms with Crippen LogP contribution in [0.25, 0.3) is 0 Å². The average Bonchev–Trinajstić information content (AvgIpc) is 0.834. The van der Waals surface area contributed by atoms with Crippen molar-refractivity contribution in [1.29, 1.82) is 0 Å². The third-order valence-electron chi connectivity index (χ3n) is 15.7. The summed E-state index contributed by atoms with van der Waals surface area (Å²) >= 11 is 0. The fraction of sp³-hybridized carbons (Fsp3) is 0.896. The Bertz CT molecular complexity index is 2340. The predicted octanol–water partition coefficient (Wildman–Crippen LogP) is -16.3. The number of amides is 3. The normalized spacial score (nSPS) is 44.2. The maximum absolute atomic E-state index is 13.3. The van der Waals surface area contributed by atoms with Crippen molar-refractivity contribution in [3.63, 3.8) is 0 Å². The zero-order valence-electron chi connectivity index (χ0n) is 47.1. The second kappa shape index (κ2) is 31.4. The number of aliphatic hydroxyl groups is 20. The highest BCUT2D eigenvalue weighted by molar-refractivity contribution is 5.78. The first-order valence-electron chi connectivity index (χ1n) is 27.5. The molecule has 6 rings (SSSR count). The van der Waals surface area contributed by atoms with Gasteiger partial charge in [0, 0.05) is 26.7 Å². The van der Waals surface area contributed by atoms with Gasteiger partial charge in [-0.1, -0.05) is 0 Å². The number of nitrogens with one attached hydrogen (secondary N) is 3. The van der Waals surface area contributed by atoms with Crippen LogP contribution < -0.4 is 16.0 Å². The molecule has 6 saturated heterocycles. The van der Waals surface area contributed by atoms with Gasteiger partial charge in [0.25, 0.3) is 11.6 Å². The van der Waals surface area contributed by atoms with E-state index in [1.807, 2.05) is 5.32 Å². The molecule has 0 aromatic rings. The number of ether oxygens (including phenoxy) is 11. The van der Waals surface area contributed by atoms with Gasteiger partial charge in [0.05, 0.1) is 63.9 Å². The highest BCUT2D eigenvalue weighted by Crippen LogP contribution is 2.41. The summed E-state index contributed by atoms with van der Waals surface area (Å²) in [6.07, 6.45) is -62.4. The molecule has 3 amide bonds. The topological polar surface area (TPSA) is 668 Å². The van der Waals surface area contributed by atoms with E-state index in [2.05, 4.69) is 10.6 Å². The lowest BCUT2D eigenvalue weighted by molar-refractivity contribution is -0.390. The minimum Gasteiger partial charge on any atom is -0.477 e. The van der Waals surface area contributed by atoms with Crippen LogP contribution in [0.5, 0.6) is 0 Å². The van der Waals surface area contributed by atoms with Crippen molar-refractivity contribution in [2.24, 2.45) is 0 Å². The first-order valence-corrected chi connectivity index (χ1v) is 27.5. The molecule has 0 bridgehead atoms. The summed E-state index contributed by atoms with van der Waals surface area (Å²) in [5, 5.41) is 243. The maximum atomic E-state index is 13.3. The van der Waals surface area contributed by atoms with Crippen molar-refractivity contribution >= 4 is 29.7 Å². The van der Waals surface area contributed by atoms with Gasteiger partial charge in [0.1, 0.15) is 141 Å². The van der Waals surface area contributed by atoms with Crippen LogP contribution >= 0.6 is 0 Å². The Morgan fingerprint density at radius 1 is 0.483 bits per heavy atom. The summed E-state index contributed by atoms with van der Waals surface area (Å²) in [6, 6.07) is -5.77. The Morgan fingerprint density at radius 3 is 1.42 bits per heavy atom. The Balaban J connectivity index is 1.40. The van der Waals surface area contributed by atoms with Crippen molar-refractivity contribution in [2.45, 2.75) is 222 Å². The highest BCUT2D eigenvalue weighted by Gasteiger charge is 2.63. The second-order valence-electron chi connectivity index (χ2n) is 21.9. The predicted molar refractivity (Wildman–Crippen MR) is 270 cm³/mol. The smallest absolute Gasteiger partial charge is 0.364 e. The van der Waals surface area contributed by atoms with E-state index in [9.17, 15) is 136 Å². The van der Waals surface area contributed by atoms with Gasteiger partial charge < -0.3 is 180 Å². The molecule has 6 aliphatic rings. The largest absolute Gasteiger partial charge is 0.477 e. The molecule has 0 aromatic carbocycles. The van der Waals surface area contributed by atoms with E-state index < -0.39 is 284 Å². The van der Waals surface area contributed by atoms with Crippen LogP contribution in [-0.4, -0.2) is 384 Å². The molecule has 0 saturated carbocycles. The lowest BCUT2D eigenvalue weighted by Crippen LogP contribution is -2.72. The molecule has 514 valence electrons. The lowest BCUT2D eigenvalue weighted by Gasteiger charge is -2.52. The summed E-state index contributed by atoms with van der Waals surface area (Å²) in [6.45, 7) is -6.71. The van der Waals surface area contributed by atoms with Gasteiger partial charge in [0.2, 0.25) is 17.7 Å². The summed E-state index contributed by atoms with van der Waals surface area (Å²) < 4.78 is 63.0. The summed E-state index contributed by atoms with van der Waals surface area (Å²) in [4.78, 5) is 64.2. The number of carboxylic acids is 2. The van der Waals surface area contributed by atoms with Crippen LogP contribution in [-0.2, 0) is 76.1 Å². The Labute approximate surface area is 501 Å². The number of hydrogen-bond donors (Lipinski definition) is 25. The van der Waals surface area contributed by atoms with E-state index in [0.717, 1.165) is 13.8 Å². The quantitative estimate of drug-likeness (QED) is 0.0382. The third-order valence-corrected chi connectivity index (χ3v) is 15.7. The van der Waals surface area contributed by atoms with Crippen LogP contribution in [0.2, 0.25) is 0 Å². The molecule has 25 N–H and O–H groups in total. The Hall–Kier alpha value is -3.89. The van der Waals surface area contributed by atoms with Crippen LogP contribution in [0, 0.1) is 0 Å². The van der Waals surface area contributed by atoms with Crippen molar-refractivity contribution in [2.75, 3.05) is 46.2 Å². The van der Waals surface area contributed by atoms with Gasteiger partial charge in [-0.25, -0.2) is 9.59 Å². The van der Waals surface area contributed by atoms with Gasteiger partial charge in [-0.05, 0) is 0 Å². The number of carbonyl (C=O) groups is 5. The Kier molecular flexibility index (Phi) is 26.1. The van der Waals surface area contributed by atoms with Gasteiger partial charge in [-0.3, -0.25) is 14.4 Å². The molecule has 0 spiro atoms. The second-order valence-corrected chi connectivity index (χ2v) is 21.9. The average molecular weight is 1310 g/mol. The van der Waals surface area contributed by atoms with Gasteiger partial charge >= 0.3 is 11.9 Å². The minimum absolute atomic E-state index is 0.853. The van der Waals surface area contributed by atoms with Crippen LogP contribution in [0.4, 0.5) is 0 Å². The molecule has 41 nitrogen and oxygen atoms in total. The van der Waals surface area contributed by atoms with E-state index >= 15 is 0 Å². The van der Waals surface area contributed by atoms with Crippen LogP contribution in [0.3, 0.4) is 0 Å². The number of carbonyl (C=O) groups excluding carboxylic acids is 3. The minimum atomic E-state index is -3.40. The molecular weight excluding hydrogens is 1230 g/mol. The van der Waals surface area contributed by atoms with Crippen molar-refractivity contribution < 1.29 is 188 Å². The third kappa shape index (κ3) is 16.2. The summed E-state index contributed by atoms with van der Waals surface area (Å²) in [5.74, 6) is -14.1. The monoisotopic (exact) mass is 1310 g/mol. The Morgan fingerprint density at radius 2 is 0.910 bits per heavy atom. The van der Waals surface area contributed by atoms with E-state index in [4.69, 9.17) is 52.1 Å². The summed E-state index contributed by atoms with van der Waals surface area (Å²) in [5.41, 5.74) is 0. The van der Waals surface area contributed by atoms with Crippen molar-refractivity contribution in [3.8, 4) is 0 Å². The zero-order chi connectivity index (χ0) is 66.5. The first-order chi connectivity index (χ1) is 41.8. The maximum Gasteiger partial charge on any atom is 0.364 e. The molecule has 0 aliphatic carbocycles. The van der Waals surface area contributed by atoms with Gasteiger partial charge in [0.15, 0.2) is 25.2 Å². The zero-order valence-corrected chi connectivity index (χ0v) is 47.1. The molecular formula is C48H79N3O38. The number of aliphatic hydroxyl groups excluding tert-OH is 20. The molecule has 0 unspecified atom stereocenters. The first kappa shape index (κ1) is 74.2. The molecule has 6 heterocycles.